The van der Waals surface area contributed by atoms with E-state index >= 15 is 0 Å². The molecular formula is C21H23ClN4O. The first-order chi connectivity index (χ1) is 13.2. The van der Waals surface area contributed by atoms with Crippen LogP contribution in [-0.4, -0.2) is 26.5 Å². The summed E-state index contributed by atoms with van der Waals surface area (Å²) >= 11 is 6.04. The van der Waals surface area contributed by atoms with Gasteiger partial charge in [0.25, 0.3) is 0 Å². The van der Waals surface area contributed by atoms with Crippen LogP contribution in [0.4, 0.5) is 0 Å². The Balaban J connectivity index is 1.44. The Morgan fingerprint density at radius 2 is 2.04 bits per heavy atom. The zero-order valence-corrected chi connectivity index (χ0v) is 16.0. The van der Waals surface area contributed by atoms with E-state index < -0.39 is 0 Å². The van der Waals surface area contributed by atoms with Crippen molar-refractivity contribution in [1.82, 2.24) is 19.9 Å². The number of aromatic nitrogens is 3. The average molecular weight is 383 g/mol. The zero-order valence-electron chi connectivity index (χ0n) is 15.2. The molecule has 1 aliphatic rings. The lowest BCUT2D eigenvalue weighted by molar-refractivity contribution is -0.122. The number of pyridine rings is 1. The smallest absolute Gasteiger partial charge is 0.222 e. The number of fused-ring (bicyclic) bond motifs is 1. The Hall–Kier alpha value is -2.40. The van der Waals surface area contributed by atoms with Crippen molar-refractivity contribution < 1.29 is 4.79 Å². The Labute approximate surface area is 163 Å². The molecule has 1 N–H and O–H groups in total. The molecule has 1 aliphatic carbocycles. The van der Waals surface area contributed by atoms with Gasteiger partial charge < -0.3 is 9.88 Å². The number of nitrogens with zero attached hydrogens (tertiary/aromatic N) is 3. The first-order valence-corrected chi connectivity index (χ1v) is 9.94. The summed E-state index contributed by atoms with van der Waals surface area (Å²) in [4.78, 5) is 21.4. The molecule has 3 aromatic rings. The molecule has 6 heteroatoms. The fourth-order valence-corrected chi connectivity index (χ4v) is 3.89. The molecule has 1 aromatic carbocycles. The second-order valence-corrected chi connectivity index (χ2v) is 7.57. The monoisotopic (exact) mass is 382 g/mol. The second-order valence-electron chi connectivity index (χ2n) is 7.13. The van der Waals surface area contributed by atoms with Crippen LogP contribution in [0.25, 0.3) is 22.4 Å². The number of carbonyl (C=O) groups is 1. The van der Waals surface area contributed by atoms with Gasteiger partial charge in [0, 0.05) is 41.8 Å². The molecule has 27 heavy (non-hydrogen) atoms. The Morgan fingerprint density at radius 3 is 2.89 bits per heavy atom. The summed E-state index contributed by atoms with van der Waals surface area (Å²) in [5.41, 5.74) is 1.67. The van der Waals surface area contributed by atoms with E-state index in [1.54, 1.807) is 6.20 Å². The number of halogens is 1. The number of carbonyl (C=O) groups excluding carboxylic acids is 1. The minimum Gasteiger partial charge on any atom is -0.353 e. The van der Waals surface area contributed by atoms with E-state index in [9.17, 15) is 4.79 Å². The molecule has 4 rings (SSSR count). The van der Waals surface area contributed by atoms with E-state index in [-0.39, 0.29) is 5.91 Å². The van der Waals surface area contributed by atoms with Gasteiger partial charge in [0.2, 0.25) is 5.91 Å². The van der Waals surface area contributed by atoms with Gasteiger partial charge in [-0.3, -0.25) is 4.79 Å². The standard InChI is InChI=1S/C21H23ClN4O/c22-16-7-9-18-15(14-16)6-8-19(25-18)21-23-11-13-26(21)12-10-20(27)24-17-4-2-1-3-5-17/h6-9,11,13-14,17H,1-5,10,12H2,(H,24,27). The van der Waals surface area contributed by atoms with Crippen molar-refractivity contribution in [2.24, 2.45) is 0 Å². The van der Waals surface area contributed by atoms with Crippen molar-refractivity contribution in [3.63, 3.8) is 0 Å². The van der Waals surface area contributed by atoms with Gasteiger partial charge in [0.15, 0.2) is 5.82 Å². The summed E-state index contributed by atoms with van der Waals surface area (Å²) in [6.45, 7) is 0.591. The van der Waals surface area contributed by atoms with E-state index in [1.165, 1.54) is 19.3 Å². The molecule has 1 saturated carbocycles. The first kappa shape index (κ1) is 18.0. The summed E-state index contributed by atoms with van der Waals surface area (Å²) in [7, 11) is 0. The third-order valence-corrected chi connectivity index (χ3v) is 5.38. The Bertz CT molecular complexity index is 946. The van der Waals surface area contributed by atoms with Crippen LogP contribution in [0.15, 0.2) is 42.7 Å². The maximum atomic E-state index is 12.3. The zero-order chi connectivity index (χ0) is 18.6. The summed E-state index contributed by atoms with van der Waals surface area (Å²) in [5, 5.41) is 4.86. The van der Waals surface area contributed by atoms with E-state index in [2.05, 4.69) is 10.3 Å². The number of rotatable bonds is 5. The van der Waals surface area contributed by atoms with E-state index in [4.69, 9.17) is 16.6 Å². The third-order valence-electron chi connectivity index (χ3n) is 5.15. The van der Waals surface area contributed by atoms with Crippen LogP contribution >= 0.6 is 11.6 Å². The molecule has 1 amide bonds. The fraction of sp³-hybridized carbons (Fsp3) is 0.381. The topological polar surface area (TPSA) is 59.8 Å². The van der Waals surface area contributed by atoms with Crippen LogP contribution in [-0.2, 0) is 11.3 Å². The van der Waals surface area contributed by atoms with Crippen LogP contribution in [0.3, 0.4) is 0 Å². The Kier molecular flexibility index (Phi) is 5.39. The molecule has 140 valence electrons. The maximum Gasteiger partial charge on any atom is 0.222 e. The Morgan fingerprint density at radius 1 is 1.19 bits per heavy atom. The van der Waals surface area contributed by atoms with Gasteiger partial charge in [-0.15, -0.1) is 0 Å². The number of benzene rings is 1. The van der Waals surface area contributed by atoms with Gasteiger partial charge in [0.05, 0.1) is 5.52 Å². The highest BCUT2D eigenvalue weighted by Gasteiger charge is 2.16. The summed E-state index contributed by atoms with van der Waals surface area (Å²) in [6, 6.07) is 9.94. The maximum absolute atomic E-state index is 12.3. The molecule has 0 saturated heterocycles. The molecule has 0 aliphatic heterocycles. The predicted molar refractivity (Wildman–Crippen MR) is 108 cm³/mol. The molecule has 0 unspecified atom stereocenters. The molecular weight excluding hydrogens is 360 g/mol. The van der Waals surface area contributed by atoms with Crippen molar-refractivity contribution >= 4 is 28.4 Å². The van der Waals surface area contributed by atoms with Crippen molar-refractivity contribution in [1.29, 1.82) is 0 Å². The highest BCUT2D eigenvalue weighted by atomic mass is 35.5. The normalized spacial score (nSPS) is 15.1. The minimum atomic E-state index is 0.114. The molecule has 0 spiro atoms. The molecule has 0 radical (unpaired) electrons. The number of hydrogen-bond donors (Lipinski definition) is 1. The quantitative estimate of drug-likeness (QED) is 0.702. The molecule has 2 aromatic heterocycles. The molecule has 0 atom stereocenters. The van der Waals surface area contributed by atoms with Crippen LogP contribution in [0.5, 0.6) is 0 Å². The minimum absolute atomic E-state index is 0.114. The molecule has 0 bridgehead atoms. The van der Waals surface area contributed by atoms with Gasteiger partial charge in [-0.25, -0.2) is 9.97 Å². The van der Waals surface area contributed by atoms with E-state index in [0.717, 1.165) is 35.3 Å². The highest BCUT2D eigenvalue weighted by molar-refractivity contribution is 6.31. The average Bonchev–Trinajstić information content (AvgIpc) is 3.15. The van der Waals surface area contributed by atoms with Gasteiger partial charge in [-0.2, -0.15) is 0 Å². The SMILES string of the molecule is O=C(CCn1ccnc1-c1ccc2cc(Cl)ccc2n1)NC1CCCCC1. The summed E-state index contributed by atoms with van der Waals surface area (Å²) in [6.07, 6.45) is 10.0. The lowest BCUT2D eigenvalue weighted by Gasteiger charge is -2.22. The van der Waals surface area contributed by atoms with Crippen LogP contribution < -0.4 is 5.32 Å². The number of hydrogen-bond acceptors (Lipinski definition) is 3. The molecule has 2 heterocycles. The van der Waals surface area contributed by atoms with Crippen LogP contribution in [0.1, 0.15) is 38.5 Å². The van der Waals surface area contributed by atoms with Crippen molar-refractivity contribution in [2.45, 2.75) is 51.1 Å². The fourth-order valence-electron chi connectivity index (χ4n) is 3.71. The largest absolute Gasteiger partial charge is 0.353 e. The summed E-state index contributed by atoms with van der Waals surface area (Å²) in [5.74, 6) is 0.889. The number of nitrogens with one attached hydrogen (secondary N) is 1. The van der Waals surface area contributed by atoms with Crippen molar-refractivity contribution in [3.05, 3.63) is 47.7 Å². The molecule has 5 nitrogen and oxygen atoms in total. The molecule has 1 fully saturated rings. The number of amides is 1. The van der Waals surface area contributed by atoms with Gasteiger partial charge in [0.1, 0.15) is 5.69 Å². The number of imidazole rings is 1. The van der Waals surface area contributed by atoms with E-state index in [0.29, 0.717) is 24.0 Å². The highest BCUT2D eigenvalue weighted by Crippen LogP contribution is 2.23. The lowest BCUT2D eigenvalue weighted by Crippen LogP contribution is -2.36. The van der Waals surface area contributed by atoms with Crippen molar-refractivity contribution in [3.8, 4) is 11.5 Å². The van der Waals surface area contributed by atoms with E-state index in [1.807, 2.05) is 41.1 Å². The third kappa shape index (κ3) is 4.30. The van der Waals surface area contributed by atoms with Crippen LogP contribution in [0, 0.1) is 0 Å². The lowest BCUT2D eigenvalue weighted by atomic mass is 9.95. The van der Waals surface area contributed by atoms with Gasteiger partial charge in [-0.05, 0) is 37.1 Å². The predicted octanol–water partition coefficient (Wildman–Crippen LogP) is 4.59. The first-order valence-electron chi connectivity index (χ1n) is 9.56. The van der Waals surface area contributed by atoms with Crippen LogP contribution in [0.2, 0.25) is 5.02 Å². The van der Waals surface area contributed by atoms with Crippen molar-refractivity contribution in [2.75, 3.05) is 0 Å². The van der Waals surface area contributed by atoms with Gasteiger partial charge >= 0.3 is 0 Å². The number of aryl methyl sites for hydroxylation is 1. The summed E-state index contributed by atoms with van der Waals surface area (Å²) < 4.78 is 1.99. The second kappa shape index (κ2) is 8.09. The van der Waals surface area contributed by atoms with Gasteiger partial charge in [-0.1, -0.05) is 36.9 Å².